The molecule has 0 bridgehead atoms. The van der Waals surface area contributed by atoms with Gasteiger partial charge in [0.2, 0.25) is 0 Å². The highest BCUT2D eigenvalue weighted by Crippen LogP contribution is 2.18. The van der Waals surface area contributed by atoms with Crippen molar-refractivity contribution in [3.63, 3.8) is 0 Å². The summed E-state index contributed by atoms with van der Waals surface area (Å²) in [7, 11) is 0. The van der Waals surface area contributed by atoms with Gasteiger partial charge in [0.25, 0.3) is 0 Å². The minimum Gasteiger partial charge on any atom is -0.492 e. The smallest absolute Gasteiger partial charge is 0.197 e. The third kappa shape index (κ3) is 3.17. The summed E-state index contributed by atoms with van der Waals surface area (Å²) >= 11 is 0. The Morgan fingerprint density at radius 3 is 2.75 bits per heavy atom. The normalized spacial score (nSPS) is 10.3. The number of halogens is 2. The molecule has 0 unspecified atom stereocenters. The fourth-order valence-electron chi connectivity index (χ4n) is 1.67. The number of ether oxygens (including phenoxy) is 1. The first kappa shape index (κ1) is 14.1. The van der Waals surface area contributed by atoms with Crippen LogP contribution in [-0.4, -0.2) is 17.4 Å². The van der Waals surface area contributed by atoms with Crippen molar-refractivity contribution in [2.75, 3.05) is 6.61 Å². The average Bonchev–Trinajstić information content (AvgIpc) is 2.45. The van der Waals surface area contributed by atoms with E-state index in [4.69, 9.17) is 4.74 Å². The van der Waals surface area contributed by atoms with Crippen molar-refractivity contribution in [1.82, 2.24) is 4.98 Å². The van der Waals surface area contributed by atoms with Gasteiger partial charge >= 0.3 is 0 Å². The van der Waals surface area contributed by atoms with Crippen LogP contribution in [0.1, 0.15) is 29.3 Å². The van der Waals surface area contributed by atoms with E-state index in [1.165, 1.54) is 18.5 Å². The molecule has 0 aliphatic carbocycles. The summed E-state index contributed by atoms with van der Waals surface area (Å²) in [5.41, 5.74) is 0.00459. The molecule has 0 N–H and O–H groups in total. The van der Waals surface area contributed by atoms with Crippen LogP contribution in [0, 0.1) is 11.6 Å². The van der Waals surface area contributed by atoms with Gasteiger partial charge in [-0.15, -0.1) is 0 Å². The SMILES string of the molecule is CCCOc1cncc(C(=O)c2ccc(F)cc2F)c1. The molecule has 0 radical (unpaired) electrons. The number of benzene rings is 1. The lowest BCUT2D eigenvalue weighted by Crippen LogP contribution is -2.06. The molecule has 1 aromatic heterocycles. The zero-order valence-corrected chi connectivity index (χ0v) is 10.9. The molecule has 1 aromatic carbocycles. The standard InChI is InChI=1S/C15H13F2NO2/c1-2-5-20-12-6-10(8-18-9-12)15(19)13-4-3-11(16)7-14(13)17/h3-4,6-9H,2,5H2,1H3. The number of pyridine rings is 1. The van der Waals surface area contributed by atoms with Crippen molar-refractivity contribution < 1.29 is 18.3 Å². The number of ketones is 1. The molecule has 0 spiro atoms. The molecule has 0 saturated heterocycles. The van der Waals surface area contributed by atoms with Gasteiger partial charge in [0.05, 0.1) is 18.4 Å². The summed E-state index contributed by atoms with van der Waals surface area (Å²) < 4.78 is 31.8. The quantitative estimate of drug-likeness (QED) is 0.786. The van der Waals surface area contributed by atoms with Gasteiger partial charge in [0.15, 0.2) is 5.78 Å². The van der Waals surface area contributed by atoms with E-state index in [2.05, 4.69) is 4.98 Å². The molecule has 2 rings (SSSR count). The van der Waals surface area contributed by atoms with E-state index in [0.717, 1.165) is 18.6 Å². The Balaban J connectivity index is 2.28. The average molecular weight is 277 g/mol. The Morgan fingerprint density at radius 1 is 1.25 bits per heavy atom. The molecular weight excluding hydrogens is 264 g/mol. The fourth-order valence-corrected chi connectivity index (χ4v) is 1.67. The lowest BCUT2D eigenvalue weighted by atomic mass is 10.0. The van der Waals surface area contributed by atoms with Crippen LogP contribution < -0.4 is 4.74 Å². The monoisotopic (exact) mass is 277 g/mol. The molecule has 0 saturated carbocycles. The first-order valence-electron chi connectivity index (χ1n) is 6.19. The van der Waals surface area contributed by atoms with Crippen LogP contribution in [0.5, 0.6) is 5.75 Å². The van der Waals surface area contributed by atoms with Gasteiger partial charge in [-0.25, -0.2) is 8.78 Å². The largest absolute Gasteiger partial charge is 0.492 e. The van der Waals surface area contributed by atoms with Crippen molar-refractivity contribution in [3.05, 3.63) is 59.4 Å². The highest BCUT2D eigenvalue weighted by Gasteiger charge is 2.15. The van der Waals surface area contributed by atoms with Gasteiger partial charge < -0.3 is 4.74 Å². The molecular formula is C15H13F2NO2. The third-order valence-corrected chi connectivity index (χ3v) is 2.62. The van der Waals surface area contributed by atoms with E-state index >= 15 is 0 Å². The van der Waals surface area contributed by atoms with Crippen LogP contribution in [-0.2, 0) is 0 Å². The number of carbonyl (C=O) groups is 1. The highest BCUT2D eigenvalue weighted by atomic mass is 19.1. The Labute approximate surface area is 115 Å². The van der Waals surface area contributed by atoms with Gasteiger partial charge in [0.1, 0.15) is 17.4 Å². The number of hydrogen-bond donors (Lipinski definition) is 0. The molecule has 2 aromatic rings. The molecule has 0 aliphatic rings. The lowest BCUT2D eigenvalue weighted by Gasteiger charge is -2.06. The van der Waals surface area contributed by atoms with Gasteiger partial charge in [-0.3, -0.25) is 9.78 Å². The predicted octanol–water partition coefficient (Wildman–Crippen LogP) is 3.38. The maximum absolute atomic E-state index is 13.6. The van der Waals surface area contributed by atoms with Crippen LogP contribution >= 0.6 is 0 Å². The Bertz CT molecular complexity index is 629. The van der Waals surface area contributed by atoms with Gasteiger partial charge in [-0.05, 0) is 24.6 Å². The van der Waals surface area contributed by atoms with E-state index in [0.29, 0.717) is 18.4 Å². The van der Waals surface area contributed by atoms with Crippen LogP contribution in [0.15, 0.2) is 36.7 Å². The molecule has 3 nitrogen and oxygen atoms in total. The second-order valence-corrected chi connectivity index (χ2v) is 4.21. The van der Waals surface area contributed by atoms with Gasteiger partial charge in [-0.2, -0.15) is 0 Å². The highest BCUT2D eigenvalue weighted by molar-refractivity contribution is 6.09. The van der Waals surface area contributed by atoms with E-state index in [1.807, 2.05) is 6.92 Å². The predicted molar refractivity (Wildman–Crippen MR) is 69.8 cm³/mol. The molecule has 5 heteroatoms. The molecule has 104 valence electrons. The summed E-state index contributed by atoms with van der Waals surface area (Å²) in [5.74, 6) is -1.73. The Kier molecular flexibility index (Phi) is 4.40. The minimum absolute atomic E-state index is 0.194. The Morgan fingerprint density at radius 2 is 2.05 bits per heavy atom. The number of rotatable bonds is 5. The fraction of sp³-hybridized carbons (Fsp3) is 0.200. The maximum Gasteiger partial charge on any atom is 0.197 e. The van der Waals surface area contributed by atoms with Crippen molar-refractivity contribution in [1.29, 1.82) is 0 Å². The molecule has 20 heavy (non-hydrogen) atoms. The van der Waals surface area contributed by atoms with Crippen molar-refractivity contribution in [2.24, 2.45) is 0 Å². The second kappa shape index (κ2) is 6.23. The first-order valence-corrected chi connectivity index (χ1v) is 6.19. The zero-order valence-electron chi connectivity index (χ0n) is 10.9. The zero-order chi connectivity index (χ0) is 14.5. The van der Waals surface area contributed by atoms with Crippen molar-refractivity contribution >= 4 is 5.78 Å². The first-order chi connectivity index (χ1) is 9.61. The number of carbonyl (C=O) groups excluding carboxylic acids is 1. The summed E-state index contributed by atoms with van der Waals surface area (Å²) in [5, 5.41) is 0. The third-order valence-electron chi connectivity index (χ3n) is 2.62. The summed E-state index contributed by atoms with van der Waals surface area (Å²) in [4.78, 5) is 16.0. The maximum atomic E-state index is 13.6. The number of aromatic nitrogens is 1. The molecule has 0 atom stereocenters. The van der Waals surface area contributed by atoms with Gasteiger partial charge in [0, 0.05) is 17.8 Å². The van der Waals surface area contributed by atoms with Crippen molar-refractivity contribution in [2.45, 2.75) is 13.3 Å². The van der Waals surface area contributed by atoms with Gasteiger partial charge in [-0.1, -0.05) is 6.92 Å². The molecule has 0 fully saturated rings. The summed E-state index contributed by atoms with van der Waals surface area (Å²) in [6.45, 7) is 2.46. The van der Waals surface area contributed by atoms with Crippen LogP contribution in [0.3, 0.4) is 0 Å². The van der Waals surface area contributed by atoms with E-state index in [9.17, 15) is 13.6 Å². The van der Waals surface area contributed by atoms with Crippen LogP contribution in [0.2, 0.25) is 0 Å². The summed E-state index contributed by atoms with van der Waals surface area (Å²) in [6, 6.07) is 4.33. The van der Waals surface area contributed by atoms with E-state index in [-0.39, 0.29) is 11.1 Å². The van der Waals surface area contributed by atoms with E-state index < -0.39 is 17.4 Å². The second-order valence-electron chi connectivity index (χ2n) is 4.21. The Hall–Kier alpha value is -2.30. The minimum atomic E-state index is -0.894. The molecule has 0 amide bonds. The number of nitrogens with zero attached hydrogens (tertiary/aromatic N) is 1. The summed E-state index contributed by atoms with van der Waals surface area (Å²) in [6.07, 6.45) is 3.63. The van der Waals surface area contributed by atoms with Crippen molar-refractivity contribution in [3.8, 4) is 5.75 Å². The van der Waals surface area contributed by atoms with Crippen LogP contribution in [0.25, 0.3) is 0 Å². The van der Waals surface area contributed by atoms with Crippen LogP contribution in [0.4, 0.5) is 8.78 Å². The molecule has 1 heterocycles. The van der Waals surface area contributed by atoms with E-state index in [1.54, 1.807) is 0 Å². The topological polar surface area (TPSA) is 39.2 Å². The molecule has 0 aliphatic heterocycles. The number of hydrogen-bond acceptors (Lipinski definition) is 3. The lowest BCUT2D eigenvalue weighted by molar-refractivity contribution is 0.103.